The van der Waals surface area contributed by atoms with Gasteiger partial charge in [-0.3, -0.25) is 4.79 Å². The van der Waals surface area contributed by atoms with Crippen molar-refractivity contribution in [2.45, 2.75) is 38.6 Å². The van der Waals surface area contributed by atoms with Gasteiger partial charge in [-0.15, -0.1) is 0 Å². The van der Waals surface area contributed by atoms with Gasteiger partial charge in [-0.05, 0) is 44.7 Å². The fourth-order valence-electron chi connectivity index (χ4n) is 3.47. The van der Waals surface area contributed by atoms with Crippen LogP contribution in [0.4, 0.5) is 0 Å². The fraction of sp³-hybridized carbons (Fsp3) is 0.667. The number of nitrogens with two attached hydrogens (primary N) is 1. The van der Waals surface area contributed by atoms with E-state index in [2.05, 4.69) is 0 Å². The first-order chi connectivity index (χ1) is 10.9. The van der Waals surface area contributed by atoms with Crippen molar-refractivity contribution >= 4 is 16.1 Å². The predicted molar refractivity (Wildman–Crippen MR) is 84.5 cm³/mol. The summed E-state index contributed by atoms with van der Waals surface area (Å²) in [6, 6.07) is 3.43. The van der Waals surface area contributed by atoms with Crippen LogP contribution in [0.5, 0.6) is 0 Å². The summed E-state index contributed by atoms with van der Waals surface area (Å²) in [4.78, 5) is 11.4. The maximum absolute atomic E-state index is 13.0. The molecule has 8 heteroatoms. The Bertz CT molecular complexity index is 685. The van der Waals surface area contributed by atoms with Gasteiger partial charge in [0.25, 0.3) is 10.2 Å². The van der Waals surface area contributed by atoms with Gasteiger partial charge in [0.05, 0.1) is 12.0 Å². The minimum Gasteiger partial charge on any atom is -0.465 e. The molecule has 0 aliphatic carbocycles. The highest BCUT2D eigenvalue weighted by molar-refractivity contribution is 7.86. The van der Waals surface area contributed by atoms with E-state index in [0.717, 1.165) is 18.6 Å². The molecule has 2 N–H and O–H groups in total. The van der Waals surface area contributed by atoms with E-state index in [1.165, 1.54) is 8.61 Å². The lowest BCUT2D eigenvalue weighted by molar-refractivity contribution is -0.122. The molecule has 0 spiro atoms. The van der Waals surface area contributed by atoms with E-state index in [1.807, 2.05) is 19.1 Å². The second-order valence-electron chi connectivity index (χ2n) is 6.32. The second-order valence-corrected chi connectivity index (χ2v) is 8.21. The molecular formula is C15H23N3O4S. The van der Waals surface area contributed by atoms with Gasteiger partial charge in [0.2, 0.25) is 5.91 Å². The van der Waals surface area contributed by atoms with Crippen molar-refractivity contribution in [3.63, 3.8) is 0 Å². The number of amides is 1. The molecule has 2 aliphatic rings. The van der Waals surface area contributed by atoms with Crippen molar-refractivity contribution in [1.82, 2.24) is 8.61 Å². The smallest absolute Gasteiger partial charge is 0.282 e. The maximum atomic E-state index is 13.0. The van der Waals surface area contributed by atoms with Crippen LogP contribution in [-0.2, 0) is 15.0 Å². The van der Waals surface area contributed by atoms with Gasteiger partial charge in [-0.1, -0.05) is 0 Å². The largest absolute Gasteiger partial charge is 0.465 e. The van der Waals surface area contributed by atoms with Crippen molar-refractivity contribution in [3.05, 3.63) is 23.7 Å². The highest BCUT2D eigenvalue weighted by atomic mass is 32.2. The van der Waals surface area contributed by atoms with Gasteiger partial charge in [0.1, 0.15) is 11.5 Å². The molecule has 2 saturated heterocycles. The van der Waals surface area contributed by atoms with Crippen LogP contribution < -0.4 is 5.73 Å². The molecule has 2 aliphatic heterocycles. The number of carbonyl (C=O) groups excluding carboxylic acids is 1. The maximum Gasteiger partial charge on any atom is 0.282 e. The van der Waals surface area contributed by atoms with Crippen LogP contribution in [0.2, 0.25) is 0 Å². The molecule has 1 aromatic rings. The van der Waals surface area contributed by atoms with Crippen molar-refractivity contribution < 1.29 is 17.6 Å². The monoisotopic (exact) mass is 341 g/mol. The molecule has 1 amide bonds. The Labute approximate surface area is 136 Å². The minimum absolute atomic E-state index is 0.179. The van der Waals surface area contributed by atoms with Crippen LogP contribution in [0, 0.1) is 12.8 Å². The number of piperidine rings is 1. The summed E-state index contributed by atoms with van der Waals surface area (Å²) in [6.07, 6.45) is 2.86. The van der Waals surface area contributed by atoms with Crippen molar-refractivity contribution in [2.75, 3.05) is 19.6 Å². The molecule has 0 radical (unpaired) electrons. The van der Waals surface area contributed by atoms with Crippen LogP contribution in [0.3, 0.4) is 0 Å². The number of hydrogen-bond donors (Lipinski definition) is 1. The zero-order valence-corrected chi connectivity index (χ0v) is 14.1. The number of carbonyl (C=O) groups is 1. The van der Waals surface area contributed by atoms with Crippen molar-refractivity contribution in [3.8, 4) is 0 Å². The van der Waals surface area contributed by atoms with E-state index in [0.29, 0.717) is 31.7 Å². The quantitative estimate of drug-likeness (QED) is 0.889. The van der Waals surface area contributed by atoms with Gasteiger partial charge < -0.3 is 10.2 Å². The average Bonchev–Trinajstić information content (AvgIpc) is 3.16. The molecule has 2 atom stereocenters. The SMILES string of the molecule is Cc1ccc([C@H]2CCCN2S(=O)(=O)N2CCC[C@H](C(N)=O)C2)o1. The van der Waals surface area contributed by atoms with E-state index in [9.17, 15) is 13.2 Å². The molecule has 2 fully saturated rings. The predicted octanol–water partition coefficient (Wildman–Crippen LogP) is 1.17. The van der Waals surface area contributed by atoms with Gasteiger partial charge in [0, 0.05) is 19.6 Å². The minimum atomic E-state index is -3.62. The molecule has 128 valence electrons. The van der Waals surface area contributed by atoms with Gasteiger partial charge >= 0.3 is 0 Å². The summed E-state index contributed by atoms with van der Waals surface area (Å²) in [7, 11) is -3.62. The summed E-state index contributed by atoms with van der Waals surface area (Å²) in [5.74, 6) is 0.637. The van der Waals surface area contributed by atoms with E-state index in [4.69, 9.17) is 10.2 Å². The van der Waals surface area contributed by atoms with E-state index < -0.39 is 22.0 Å². The van der Waals surface area contributed by atoms with Crippen LogP contribution in [0.15, 0.2) is 16.5 Å². The number of rotatable bonds is 4. The fourth-order valence-corrected chi connectivity index (χ4v) is 5.38. The molecule has 23 heavy (non-hydrogen) atoms. The summed E-state index contributed by atoms with van der Waals surface area (Å²) in [5.41, 5.74) is 5.36. The molecule has 0 aromatic carbocycles. The number of furan rings is 1. The third kappa shape index (κ3) is 3.15. The summed E-state index contributed by atoms with van der Waals surface area (Å²) < 4.78 is 34.6. The molecule has 0 unspecified atom stereocenters. The zero-order chi connectivity index (χ0) is 16.6. The summed E-state index contributed by atoms with van der Waals surface area (Å²) in [5, 5.41) is 0. The first-order valence-corrected chi connectivity index (χ1v) is 9.42. The highest BCUT2D eigenvalue weighted by Gasteiger charge is 2.42. The Morgan fingerprint density at radius 2 is 2.00 bits per heavy atom. The standard InChI is InChI=1S/C15H23N3O4S/c1-11-6-7-14(22-11)13-5-3-9-18(13)23(20,21)17-8-2-4-12(10-17)15(16)19/h6-7,12-13H,2-5,8-10H2,1H3,(H2,16,19)/t12-,13+/m0/s1. The highest BCUT2D eigenvalue weighted by Crippen LogP contribution is 2.36. The van der Waals surface area contributed by atoms with Gasteiger partial charge in [-0.2, -0.15) is 17.0 Å². The average molecular weight is 341 g/mol. The second kappa shape index (κ2) is 6.26. The lowest BCUT2D eigenvalue weighted by Crippen LogP contribution is -2.49. The van der Waals surface area contributed by atoms with Gasteiger partial charge in [-0.25, -0.2) is 0 Å². The Morgan fingerprint density at radius 3 is 2.65 bits per heavy atom. The molecule has 0 bridgehead atoms. The lowest BCUT2D eigenvalue weighted by Gasteiger charge is -2.34. The first kappa shape index (κ1) is 16.5. The summed E-state index contributed by atoms with van der Waals surface area (Å²) in [6.45, 7) is 2.94. The number of aryl methyl sites for hydroxylation is 1. The van der Waals surface area contributed by atoms with Crippen molar-refractivity contribution in [2.24, 2.45) is 11.7 Å². The third-order valence-corrected chi connectivity index (χ3v) is 6.72. The molecule has 7 nitrogen and oxygen atoms in total. The van der Waals surface area contributed by atoms with Crippen LogP contribution in [-0.4, -0.2) is 42.6 Å². The lowest BCUT2D eigenvalue weighted by atomic mass is 9.99. The molecular weight excluding hydrogens is 318 g/mol. The van der Waals surface area contributed by atoms with Gasteiger partial charge in [0.15, 0.2) is 0 Å². The van der Waals surface area contributed by atoms with Crippen LogP contribution in [0.1, 0.15) is 43.2 Å². The van der Waals surface area contributed by atoms with E-state index >= 15 is 0 Å². The van der Waals surface area contributed by atoms with E-state index in [1.54, 1.807) is 0 Å². The molecule has 3 rings (SSSR count). The van der Waals surface area contributed by atoms with E-state index in [-0.39, 0.29) is 12.6 Å². The Kier molecular flexibility index (Phi) is 4.48. The molecule has 3 heterocycles. The van der Waals surface area contributed by atoms with Crippen molar-refractivity contribution in [1.29, 1.82) is 0 Å². The topological polar surface area (TPSA) is 96.9 Å². The Morgan fingerprint density at radius 1 is 1.26 bits per heavy atom. The Hall–Kier alpha value is -1.38. The Balaban J connectivity index is 1.82. The molecule has 0 saturated carbocycles. The molecule has 1 aromatic heterocycles. The first-order valence-electron chi connectivity index (χ1n) is 8.02. The van der Waals surface area contributed by atoms with Crippen LogP contribution >= 0.6 is 0 Å². The zero-order valence-electron chi connectivity index (χ0n) is 13.3. The number of nitrogens with zero attached hydrogens (tertiary/aromatic N) is 2. The number of primary amides is 1. The third-order valence-electron chi connectivity index (χ3n) is 4.70. The summed E-state index contributed by atoms with van der Waals surface area (Å²) >= 11 is 0. The number of hydrogen-bond acceptors (Lipinski definition) is 4. The van der Waals surface area contributed by atoms with Crippen LogP contribution in [0.25, 0.3) is 0 Å². The normalized spacial score (nSPS) is 27.3.